The molecule has 5 nitrogen and oxygen atoms in total. The number of aliphatic hydroxyl groups is 1. The van der Waals surface area contributed by atoms with Crippen molar-refractivity contribution in [2.24, 2.45) is 0 Å². The average molecular weight is 312 g/mol. The fraction of sp³-hybridized carbons (Fsp3) is 0.533. The average Bonchev–Trinajstić information content (AvgIpc) is 2.79. The molecule has 0 bridgehead atoms. The number of benzene rings is 1. The summed E-state index contributed by atoms with van der Waals surface area (Å²) in [5.74, 6) is 0. The highest BCUT2D eigenvalue weighted by atomic mass is 35.5. The van der Waals surface area contributed by atoms with Crippen LogP contribution in [0.3, 0.4) is 0 Å². The summed E-state index contributed by atoms with van der Waals surface area (Å²) >= 11 is 5.93. The fourth-order valence-electron chi connectivity index (χ4n) is 2.70. The summed E-state index contributed by atoms with van der Waals surface area (Å²) < 4.78 is 0. The fourth-order valence-corrected chi connectivity index (χ4v) is 2.83. The van der Waals surface area contributed by atoms with E-state index in [4.69, 9.17) is 11.6 Å². The van der Waals surface area contributed by atoms with Gasteiger partial charge in [-0.3, -0.25) is 4.90 Å². The highest BCUT2D eigenvalue weighted by Crippen LogP contribution is 2.31. The number of amides is 2. The second-order valence-electron chi connectivity index (χ2n) is 5.58. The van der Waals surface area contributed by atoms with Gasteiger partial charge in [0.15, 0.2) is 0 Å². The second-order valence-corrected chi connectivity index (χ2v) is 6.01. The Balaban J connectivity index is 2.01. The lowest BCUT2D eigenvalue weighted by Crippen LogP contribution is -2.46. The molecule has 1 aromatic carbocycles. The van der Waals surface area contributed by atoms with Gasteiger partial charge in [0.25, 0.3) is 0 Å². The normalized spacial score (nSPS) is 23.8. The number of aliphatic hydroxyl groups excluding tert-OH is 1. The first-order valence-electron chi connectivity index (χ1n) is 7.15. The van der Waals surface area contributed by atoms with Crippen LogP contribution in [0.1, 0.15) is 24.9 Å². The molecule has 2 rings (SSSR count). The Morgan fingerprint density at radius 3 is 2.76 bits per heavy atom. The molecule has 2 amide bonds. The molecule has 3 N–H and O–H groups in total. The quantitative estimate of drug-likeness (QED) is 0.794. The molecule has 0 saturated carbocycles. The van der Waals surface area contributed by atoms with Crippen molar-refractivity contribution in [2.75, 3.05) is 20.1 Å². The molecule has 1 heterocycles. The predicted molar refractivity (Wildman–Crippen MR) is 83.4 cm³/mol. The number of urea groups is 1. The number of carbonyl (C=O) groups excluding carboxylic acids is 1. The van der Waals surface area contributed by atoms with E-state index in [2.05, 4.69) is 22.6 Å². The van der Waals surface area contributed by atoms with Crippen LogP contribution in [0.5, 0.6) is 0 Å². The largest absolute Gasteiger partial charge is 0.392 e. The number of nitrogens with one attached hydrogen (secondary N) is 2. The molecule has 1 fully saturated rings. The molecule has 0 aliphatic carbocycles. The van der Waals surface area contributed by atoms with E-state index in [0.29, 0.717) is 5.02 Å². The molecule has 0 radical (unpaired) electrons. The molecule has 0 unspecified atom stereocenters. The van der Waals surface area contributed by atoms with Gasteiger partial charge in [0.05, 0.1) is 18.2 Å². The van der Waals surface area contributed by atoms with Gasteiger partial charge in [-0.05, 0) is 38.1 Å². The molecule has 6 heteroatoms. The van der Waals surface area contributed by atoms with Crippen LogP contribution < -0.4 is 10.6 Å². The molecule has 0 spiro atoms. The molecule has 1 aromatic rings. The smallest absolute Gasteiger partial charge is 0.315 e. The van der Waals surface area contributed by atoms with Crippen molar-refractivity contribution in [3.8, 4) is 0 Å². The van der Waals surface area contributed by atoms with Crippen molar-refractivity contribution in [1.82, 2.24) is 15.5 Å². The zero-order valence-electron chi connectivity index (χ0n) is 12.3. The summed E-state index contributed by atoms with van der Waals surface area (Å²) in [6, 6.07) is 7.68. The molecule has 0 aromatic heterocycles. The minimum absolute atomic E-state index is 0.0465. The topological polar surface area (TPSA) is 64.6 Å². The second kappa shape index (κ2) is 7.11. The number of nitrogens with zero attached hydrogens (tertiary/aromatic N) is 1. The van der Waals surface area contributed by atoms with E-state index >= 15 is 0 Å². The Morgan fingerprint density at radius 2 is 2.14 bits per heavy atom. The van der Waals surface area contributed by atoms with E-state index in [1.54, 1.807) is 6.92 Å². The summed E-state index contributed by atoms with van der Waals surface area (Å²) in [6.45, 7) is 2.81. The summed E-state index contributed by atoms with van der Waals surface area (Å²) in [4.78, 5) is 14.1. The maximum Gasteiger partial charge on any atom is 0.315 e. The third-order valence-electron chi connectivity index (χ3n) is 3.73. The number of carbonyl (C=O) groups is 1. The number of halogens is 1. The van der Waals surface area contributed by atoms with Gasteiger partial charge in [0.1, 0.15) is 0 Å². The van der Waals surface area contributed by atoms with Crippen LogP contribution in [0, 0.1) is 0 Å². The minimum atomic E-state index is -0.547. The van der Waals surface area contributed by atoms with Gasteiger partial charge >= 0.3 is 6.03 Å². The van der Waals surface area contributed by atoms with Crippen LogP contribution in [0.25, 0.3) is 0 Å². The summed E-state index contributed by atoms with van der Waals surface area (Å²) in [5.41, 5.74) is 1.14. The molecule has 1 aliphatic rings. The Kier molecular flexibility index (Phi) is 5.45. The van der Waals surface area contributed by atoms with Crippen molar-refractivity contribution in [2.45, 2.75) is 31.5 Å². The van der Waals surface area contributed by atoms with Crippen LogP contribution in [-0.4, -0.2) is 48.3 Å². The van der Waals surface area contributed by atoms with Crippen LogP contribution in [-0.2, 0) is 0 Å². The number of hydrogen-bond donors (Lipinski definition) is 3. The van der Waals surface area contributed by atoms with E-state index in [-0.39, 0.29) is 24.7 Å². The van der Waals surface area contributed by atoms with E-state index in [1.165, 1.54) is 0 Å². The van der Waals surface area contributed by atoms with E-state index in [1.807, 2.05) is 24.3 Å². The lowest BCUT2D eigenvalue weighted by Gasteiger charge is -2.26. The molecule has 1 saturated heterocycles. The minimum Gasteiger partial charge on any atom is -0.392 e. The number of hydrogen-bond acceptors (Lipinski definition) is 3. The molecule has 3 atom stereocenters. The van der Waals surface area contributed by atoms with Crippen LogP contribution in [0.4, 0.5) is 4.79 Å². The SMILES string of the molecule is C[C@@H](O)CNC(=O)N[C@H]1CCN(C)[C@@H]1c1ccc(Cl)cc1. The van der Waals surface area contributed by atoms with Crippen LogP contribution >= 0.6 is 11.6 Å². The van der Waals surface area contributed by atoms with E-state index < -0.39 is 6.10 Å². The van der Waals surface area contributed by atoms with Gasteiger partial charge in [-0.15, -0.1) is 0 Å². The third-order valence-corrected chi connectivity index (χ3v) is 3.99. The molecular formula is C15H22ClN3O2. The van der Waals surface area contributed by atoms with E-state index in [9.17, 15) is 9.90 Å². The van der Waals surface area contributed by atoms with Crippen molar-refractivity contribution in [1.29, 1.82) is 0 Å². The highest BCUT2D eigenvalue weighted by Gasteiger charge is 2.33. The van der Waals surface area contributed by atoms with Gasteiger partial charge in [-0.2, -0.15) is 0 Å². The number of likely N-dealkylation sites (tertiary alicyclic amines) is 1. The summed E-state index contributed by atoms with van der Waals surface area (Å²) in [6.07, 6.45) is 0.348. The lowest BCUT2D eigenvalue weighted by molar-refractivity contribution is 0.185. The molecule has 116 valence electrons. The standard InChI is InChI=1S/C15H22ClN3O2/c1-10(20)9-17-15(21)18-13-7-8-19(2)14(13)11-3-5-12(16)6-4-11/h3-6,10,13-14,20H,7-9H2,1-2H3,(H2,17,18,21)/t10-,13+,14-/m1/s1. The maximum absolute atomic E-state index is 11.9. The Morgan fingerprint density at radius 1 is 1.48 bits per heavy atom. The van der Waals surface area contributed by atoms with Gasteiger partial charge < -0.3 is 15.7 Å². The van der Waals surface area contributed by atoms with Gasteiger partial charge in [-0.1, -0.05) is 23.7 Å². The van der Waals surface area contributed by atoms with Gasteiger partial charge in [-0.25, -0.2) is 4.79 Å². The van der Waals surface area contributed by atoms with Gasteiger partial charge in [0, 0.05) is 18.1 Å². The lowest BCUT2D eigenvalue weighted by atomic mass is 10.0. The number of rotatable bonds is 4. The Hall–Kier alpha value is -1.30. The summed E-state index contributed by atoms with van der Waals surface area (Å²) in [5, 5.41) is 15.6. The first kappa shape index (κ1) is 16.1. The zero-order valence-corrected chi connectivity index (χ0v) is 13.1. The van der Waals surface area contributed by atoms with Gasteiger partial charge in [0.2, 0.25) is 0 Å². The third kappa shape index (κ3) is 4.33. The predicted octanol–water partition coefficient (Wildman–Crippen LogP) is 1.77. The molecule has 1 aliphatic heterocycles. The maximum atomic E-state index is 11.9. The first-order valence-corrected chi connectivity index (χ1v) is 7.53. The monoisotopic (exact) mass is 311 g/mol. The van der Waals surface area contributed by atoms with Crippen LogP contribution in [0.2, 0.25) is 5.02 Å². The Labute approximate surface area is 130 Å². The highest BCUT2D eigenvalue weighted by molar-refractivity contribution is 6.30. The van der Waals surface area contributed by atoms with E-state index in [0.717, 1.165) is 18.5 Å². The Bertz CT molecular complexity index is 478. The zero-order chi connectivity index (χ0) is 15.4. The van der Waals surface area contributed by atoms with Crippen LogP contribution in [0.15, 0.2) is 24.3 Å². The van der Waals surface area contributed by atoms with Crippen molar-refractivity contribution in [3.63, 3.8) is 0 Å². The molecule has 21 heavy (non-hydrogen) atoms. The number of likely N-dealkylation sites (N-methyl/N-ethyl adjacent to an activating group) is 1. The summed E-state index contributed by atoms with van der Waals surface area (Å²) in [7, 11) is 2.05. The molecular weight excluding hydrogens is 290 g/mol. The van der Waals surface area contributed by atoms with Crippen molar-refractivity contribution >= 4 is 17.6 Å². The van der Waals surface area contributed by atoms with Crippen molar-refractivity contribution in [3.05, 3.63) is 34.9 Å². The first-order chi connectivity index (χ1) is 9.97. The van der Waals surface area contributed by atoms with Crippen molar-refractivity contribution < 1.29 is 9.90 Å².